The first-order valence-corrected chi connectivity index (χ1v) is 4.36. The van der Waals surface area contributed by atoms with Gasteiger partial charge >= 0.3 is 0 Å². The molecule has 0 saturated heterocycles. The third-order valence-corrected chi connectivity index (χ3v) is 1.57. The second-order valence-corrected chi connectivity index (χ2v) is 2.54. The third kappa shape index (κ3) is 5.49. The van der Waals surface area contributed by atoms with Crippen molar-refractivity contribution in [2.24, 2.45) is 0 Å². The minimum absolute atomic E-state index is 0.145. The van der Waals surface area contributed by atoms with E-state index in [2.05, 4.69) is 5.32 Å². The standard InChI is InChI=1S/C10H11NO2.CH4O/c1-11-10(13)7-4-8-2-5-9(12)6-3-8;1-2/h2-7,12H,1H3,(H,11,13);2H,1H3/b7-4+;. The Morgan fingerprint density at radius 3 is 2.27 bits per heavy atom. The Bertz CT molecular complexity index is 317. The molecule has 15 heavy (non-hydrogen) atoms. The number of phenolic OH excluding ortho intramolecular Hbond substituents is 1. The molecule has 1 amide bonds. The maximum atomic E-state index is 10.8. The highest BCUT2D eigenvalue weighted by atomic mass is 16.3. The fourth-order valence-electron chi connectivity index (χ4n) is 0.841. The Morgan fingerprint density at radius 2 is 1.80 bits per heavy atom. The van der Waals surface area contributed by atoms with Crippen molar-refractivity contribution >= 4 is 12.0 Å². The summed E-state index contributed by atoms with van der Waals surface area (Å²) in [6.07, 6.45) is 3.12. The van der Waals surface area contributed by atoms with Gasteiger partial charge in [0.2, 0.25) is 5.91 Å². The highest BCUT2D eigenvalue weighted by Crippen LogP contribution is 2.10. The number of rotatable bonds is 2. The summed E-state index contributed by atoms with van der Waals surface area (Å²) in [6.45, 7) is 0. The lowest BCUT2D eigenvalue weighted by Gasteiger charge is -1.93. The molecule has 0 aromatic heterocycles. The van der Waals surface area contributed by atoms with E-state index in [-0.39, 0.29) is 11.7 Å². The molecule has 3 N–H and O–H groups in total. The Balaban J connectivity index is 0.000000921. The molecule has 82 valence electrons. The van der Waals surface area contributed by atoms with Gasteiger partial charge < -0.3 is 15.5 Å². The largest absolute Gasteiger partial charge is 0.508 e. The van der Waals surface area contributed by atoms with Crippen LogP contribution >= 0.6 is 0 Å². The summed E-state index contributed by atoms with van der Waals surface area (Å²) >= 11 is 0. The third-order valence-electron chi connectivity index (χ3n) is 1.57. The summed E-state index contributed by atoms with van der Waals surface area (Å²) in [6, 6.07) is 6.61. The summed E-state index contributed by atoms with van der Waals surface area (Å²) < 4.78 is 0. The Hall–Kier alpha value is -1.81. The normalized spacial score (nSPS) is 9.27. The number of benzene rings is 1. The van der Waals surface area contributed by atoms with Gasteiger partial charge in [0.15, 0.2) is 0 Å². The Kier molecular flexibility index (Phi) is 6.67. The van der Waals surface area contributed by atoms with Crippen molar-refractivity contribution < 1.29 is 15.0 Å². The summed E-state index contributed by atoms with van der Waals surface area (Å²) in [4.78, 5) is 10.8. The average molecular weight is 209 g/mol. The molecular weight excluding hydrogens is 194 g/mol. The van der Waals surface area contributed by atoms with Crippen LogP contribution in [0.1, 0.15) is 5.56 Å². The van der Waals surface area contributed by atoms with E-state index >= 15 is 0 Å². The van der Waals surface area contributed by atoms with Gasteiger partial charge in [-0.2, -0.15) is 0 Å². The van der Waals surface area contributed by atoms with Crippen LogP contribution < -0.4 is 5.32 Å². The number of aromatic hydroxyl groups is 1. The van der Waals surface area contributed by atoms with Gasteiger partial charge in [0.05, 0.1) is 0 Å². The summed E-state index contributed by atoms with van der Waals surface area (Å²) in [5.41, 5.74) is 0.876. The maximum absolute atomic E-state index is 10.8. The zero-order valence-corrected chi connectivity index (χ0v) is 8.77. The molecule has 0 radical (unpaired) electrons. The fourth-order valence-corrected chi connectivity index (χ4v) is 0.841. The molecule has 0 atom stereocenters. The monoisotopic (exact) mass is 209 g/mol. The quantitative estimate of drug-likeness (QED) is 0.630. The van der Waals surface area contributed by atoms with Gasteiger partial charge in [-0.25, -0.2) is 0 Å². The van der Waals surface area contributed by atoms with E-state index in [1.54, 1.807) is 37.4 Å². The molecule has 0 aliphatic carbocycles. The van der Waals surface area contributed by atoms with E-state index in [4.69, 9.17) is 10.2 Å². The van der Waals surface area contributed by atoms with Gasteiger partial charge in [0.25, 0.3) is 0 Å². The molecule has 0 saturated carbocycles. The molecule has 0 unspecified atom stereocenters. The average Bonchev–Trinajstić information content (AvgIpc) is 2.30. The zero-order chi connectivity index (χ0) is 11.7. The second kappa shape index (κ2) is 7.58. The zero-order valence-electron chi connectivity index (χ0n) is 8.77. The minimum atomic E-state index is -0.145. The van der Waals surface area contributed by atoms with E-state index < -0.39 is 0 Å². The van der Waals surface area contributed by atoms with E-state index in [0.29, 0.717) is 0 Å². The maximum Gasteiger partial charge on any atom is 0.243 e. The highest BCUT2D eigenvalue weighted by molar-refractivity contribution is 5.91. The van der Waals surface area contributed by atoms with Gasteiger partial charge in [0.1, 0.15) is 5.75 Å². The molecular formula is C11H15NO3. The van der Waals surface area contributed by atoms with Crippen LogP contribution in [0.5, 0.6) is 5.75 Å². The molecule has 0 aliphatic rings. The molecule has 1 aromatic carbocycles. The SMILES string of the molecule is CNC(=O)/C=C/c1ccc(O)cc1.CO. The number of hydrogen-bond acceptors (Lipinski definition) is 3. The number of nitrogens with one attached hydrogen (secondary N) is 1. The van der Waals surface area contributed by atoms with Crippen LogP contribution in [0.4, 0.5) is 0 Å². The summed E-state index contributed by atoms with van der Waals surface area (Å²) in [5.74, 6) is 0.0742. The van der Waals surface area contributed by atoms with Crippen molar-refractivity contribution in [3.63, 3.8) is 0 Å². The molecule has 1 rings (SSSR count). The second-order valence-electron chi connectivity index (χ2n) is 2.54. The molecule has 0 spiro atoms. The van der Waals surface area contributed by atoms with Gasteiger partial charge in [-0.3, -0.25) is 4.79 Å². The van der Waals surface area contributed by atoms with Crippen molar-refractivity contribution in [3.8, 4) is 5.75 Å². The number of phenols is 1. The lowest BCUT2D eigenvalue weighted by atomic mass is 10.2. The Morgan fingerprint density at radius 1 is 1.27 bits per heavy atom. The summed E-state index contributed by atoms with van der Waals surface area (Å²) in [5, 5.41) is 18.4. The van der Waals surface area contributed by atoms with Crippen LogP contribution in [0.25, 0.3) is 6.08 Å². The first kappa shape index (κ1) is 13.2. The molecule has 4 nitrogen and oxygen atoms in total. The molecule has 0 fully saturated rings. The van der Waals surface area contributed by atoms with E-state index in [9.17, 15) is 4.79 Å². The van der Waals surface area contributed by atoms with Crippen LogP contribution in [-0.4, -0.2) is 30.3 Å². The summed E-state index contributed by atoms with van der Waals surface area (Å²) in [7, 11) is 2.57. The fraction of sp³-hybridized carbons (Fsp3) is 0.182. The number of hydrogen-bond donors (Lipinski definition) is 3. The van der Waals surface area contributed by atoms with Crippen molar-refractivity contribution in [1.82, 2.24) is 5.32 Å². The number of carbonyl (C=O) groups is 1. The predicted octanol–water partition coefficient (Wildman–Crippen LogP) is 0.760. The molecule has 1 aromatic rings. The van der Waals surface area contributed by atoms with Crippen LogP contribution in [0, 0.1) is 0 Å². The van der Waals surface area contributed by atoms with Crippen LogP contribution in [0.3, 0.4) is 0 Å². The molecule has 4 heteroatoms. The lowest BCUT2D eigenvalue weighted by Crippen LogP contribution is -2.13. The van der Waals surface area contributed by atoms with Crippen molar-refractivity contribution in [2.45, 2.75) is 0 Å². The van der Waals surface area contributed by atoms with Crippen LogP contribution in [-0.2, 0) is 4.79 Å². The minimum Gasteiger partial charge on any atom is -0.508 e. The molecule has 0 heterocycles. The van der Waals surface area contributed by atoms with Gasteiger partial charge in [-0.05, 0) is 23.8 Å². The number of aliphatic hydroxyl groups is 1. The Labute approximate surface area is 88.9 Å². The van der Waals surface area contributed by atoms with Crippen molar-refractivity contribution in [3.05, 3.63) is 35.9 Å². The number of amides is 1. The van der Waals surface area contributed by atoms with Gasteiger partial charge in [-0.1, -0.05) is 12.1 Å². The van der Waals surface area contributed by atoms with E-state index in [1.165, 1.54) is 6.08 Å². The number of aliphatic hydroxyl groups excluding tert-OH is 1. The van der Waals surface area contributed by atoms with Crippen molar-refractivity contribution in [2.75, 3.05) is 14.2 Å². The van der Waals surface area contributed by atoms with Gasteiger partial charge in [0, 0.05) is 20.2 Å². The molecule has 0 aliphatic heterocycles. The van der Waals surface area contributed by atoms with Crippen molar-refractivity contribution in [1.29, 1.82) is 0 Å². The number of likely N-dealkylation sites (N-methyl/N-ethyl adjacent to an activating group) is 1. The van der Waals surface area contributed by atoms with Crippen LogP contribution in [0.2, 0.25) is 0 Å². The first-order chi connectivity index (χ1) is 7.22. The number of carbonyl (C=O) groups excluding carboxylic acids is 1. The first-order valence-electron chi connectivity index (χ1n) is 4.36. The van der Waals surface area contributed by atoms with E-state index in [1.807, 2.05) is 0 Å². The molecule has 0 bridgehead atoms. The smallest absolute Gasteiger partial charge is 0.243 e. The van der Waals surface area contributed by atoms with Gasteiger partial charge in [-0.15, -0.1) is 0 Å². The lowest BCUT2D eigenvalue weighted by molar-refractivity contribution is -0.115. The van der Waals surface area contributed by atoms with E-state index in [0.717, 1.165) is 12.7 Å². The van der Waals surface area contributed by atoms with Crippen LogP contribution in [0.15, 0.2) is 30.3 Å². The highest BCUT2D eigenvalue weighted by Gasteiger charge is 1.90. The predicted molar refractivity (Wildman–Crippen MR) is 59.4 cm³/mol. The topological polar surface area (TPSA) is 69.6 Å².